The molecule has 0 saturated heterocycles. The molecule has 26 heavy (non-hydrogen) atoms. The number of hydrogen-bond donors (Lipinski definition) is 1. The van der Waals surface area contributed by atoms with Crippen molar-refractivity contribution in [3.8, 4) is 0 Å². The molecule has 2 aromatic rings. The van der Waals surface area contributed by atoms with Crippen LogP contribution in [0.25, 0.3) is 0 Å². The summed E-state index contributed by atoms with van der Waals surface area (Å²) in [5.41, 5.74) is -5.15. The molecule has 0 spiro atoms. The monoisotopic (exact) mass is 431 g/mol. The Morgan fingerprint density at radius 1 is 1.00 bits per heavy atom. The average molecular weight is 433 g/mol. The summed E-state index contributed by atoms with van der Waals surface area (Å²) >= 11 is 16.9. The van der Waals surface area contributed by atoms with Crippen molar-refractivity contribution in [1.82, 2.24) is 9.97 Å². The van der Waals surface area contributed by atoms with Gasteiger partial charge in [-0.15, -0.1) is 0 Å². The van der Waals surface area contributed by atoms with Crippen LogP contribution in [-0.4, -0.2) is 19.8 Å². The Morgan fingerprint density at radius 2 is 1.54 bits per heavy atom. The van der Waals surface area contributed by atoms with Gasteiger partial charge in [0.1, 0.15) is 10.7 Å². The number of rotatable bonds is 4. The van der Waals surface area contributed by atoms with Gasteiger partial charge < -0.3 is 5.32 Å². The lowest BCUT2D eigenvalue weighted by molar-refractivity contribution is -0.394. The molecule has 0 radical (unpaired) electrons. The molecular weight excluding hydrogens is 430 g/mol. The van der Waals surface area contributed by atoms with E-state index in [1.54, 1.807) is 0 Å². The lowest BCUT2D eigenvalue weighted by Gasteiger charge is -2.14. The maximum Gasteiger partial charge on any atom is 0.418 e. The molecule has 138 valence electrons. The first-order valence-corrected chi connectivity index (χ1v) is 7.24. The molecule has 0 amide bonds. The molecule has 0 fully saturated rings. The first kappa shape index (κ1) is 19.9. The van der Waals surface area contributed by atoms with Gasteiger partial charge >= 0.3 is 6.18 Å². The van der Waals surface area contributed by atoms with Crippen molar-refractivity contribution in [2.45, 2.75) is 6.18 Å². The van der Waals surface area contributed by atoms with E-state index in [1.807, 2.05) is 5.32 Å². The highest BCUT2D eigenvalue weighted by molar-refractivity contribution is 6.46. The Balaban J connectivity index is 2.73. The first-order valence-electron chi connectivity index (χ1n) is 6.11. The van der Waals surface area contributed by atoms with E-state index in [9.17, 15) is 33.4 Å². The van der Waals surface area contributed by atoms with Crippen molar-refractivity contribution in [2.75, 3.05) is 5.32 Å². The second kappa shape index (κ2) is 7.05. The third-order valence-electron chi connectivity index (χ3n) is 2.82. The Morgan fingerprint density at radius 3 is 1.96 bits per heavy atom. The molecule has 0 saturated carbocycles. The summed E-state index contributed by atoms with van der Waals surface area (Å²) in [4.78, 5) is 26.5. The number of alkyl halides is 3. The maximum absolute atomic E-state index is 13.3. The SMILES string of the molecule is O=[N+]([O-])c1cc([N+](=O)[O-])c(Nc2nc(Cl)c(Cl)c(Cl)n2)c(C(F)(F)F)c1. The number of benzene rings is 1. The summed E-state index contributed by atoms with van der Waals surface area (Å²) in [6.07, 6.45) is -5.17. The Kier molecular flexibility index (Phi) is 5.39. The van der Waals surface area contributed by atoms with Crippen molar-refractivity contribution in [3.63, 3.8) is 0 Å². The second-order valence-electron chi connectivity index (χ2n) is 4.47. The number of nitro benzene ring substituents is 2. The minimum absolute atomic E-state index is 0.133. The summed E-state index contributed by atoms with van der Waals surface area (Å²) < 4.78 is 39.8. The van der Waals surface area contributed by atoms with Crippen LogP contribution in [0.2, 0.25) is 15.3 Å². The van der Waals surface area contributed by atoms with Crippen LogP contribution in [0, 0.1) is 20.2 Å². The van der Waals surface area contributed by atoms with Gasteiger partial charge in [-0.25, -0.2) is 0 Å². The normalized spacial score (nSPS) is 11.3. The van der Waals surface area contributed by atoms with Crippen LogP contribution in [0.1, 0.15) is 5.56 Å². The Labute approximate surface area is 156 Å². The summed E-state index contributed by atoms with van der Waals surface area (Å²) in [5, 5.41) is 22.7. The van der Waals surface area contributed by atoms with Gasteiger partial charge in [-0.1, -0.05) is 34.8 Å². The lowest BCUT2D eigenvalue weighted by atomic mass is 10.1. The predicted molar refractivity (Wildman–Crippen MR) is 85.1 cm³/mol. The largest absolute Gasteiger partial charge is 0.418 e. The number of anilines is 2. The molecule has 0 atom stereocenters. The van der Waals surface area contributed by atoms with E-state index in [0.717, 1.165) is 0 Å². The van der Waals surface area contributed by atoms with Gasteiger partial charge in [-0.3, -0.25) is 20.2 Å². The molecule has 0 aliphatic heterocycles. The zero-order chi connectivity index (χ0) is 19.8. The fraction of sp³-hybridized carbons (Fsp3) is 0.0909. The molecular formula is C11H3Cl3F3N5O4. The van der Waals surface area contributed by atoms with Crippen LogP contribution in [0.5, 0.6) is 0 Å². The highest BCUT2D eigenvalue weighted by Crippen LogP contribution is 2.43. The van der Waals surface area contributed by atoms with Gasteiger partial charge in [0.15, 0.2) is 10.3 Å². The van der Waals surface area contributed by atoms with Crippen LogP contribution in [0.15, 0.2) is 12.1 Å². The van der Waals surface area contributed by atoms with Gasteiger partial charge in [0.25, 0.3) is 11.4 Å². The number of nitrogens with one attached hydrogen (secondary N) is 1. The fourth-order valence-corrected chi connectivity index (χ4v) is 2.25. The number of aromatic nitrogens is 2. The van der Waals surface area contributed by atoms with Crippen LogP contribution >= 0.6 is 34.8 Å². The van der Waals surface area contributed by atoms with E-state index in [0.29, 0.717) is 6.07 Å². The topological polar surface area (TPSA) is 124 Å². The quantitative estimate of drug-likeness (QED) is 0.409. The minimum Gasteiger partial charge on any atom is -0.318 e. The van der Waals surface area contributed by atoms with E-state index in [2.05, 4.69) is 9.97 Å². The second-order valence-corrected chi connectivity index (χ2v) is 5.56. The summed E-state index contributed by atoms with van der Waals surface area (Å²) in [7, 11) is 0. The van der Waals surface area contributed by atoms with E-state index in [4.69, 9.17) is 34.8 Å². The number of halogens is 6. The van der Waals surface area contributed by atoms with Gasteiger partial charge in [0, 0.05) is 6.07 Å². The molecule has 0 unspecified atom stereocenters. The van der Waals surface area contributed by atoms with Crippen LogP contribution < -0.4 is 5.32 Å². The van der Waals surface area contributed by atoms with Crippen molar-refractivity contribution in [3.05, 3.63) is 53.3 Å². The molecule has 15 heteroatoms. The number of hydrogen-bond acceptors (Lipinski definition) is 7. The highest BCUT2D eigenvalue weighted by atomic mass is 35.5. The molecule has 0 bridgehead atoms. The molecule has 1 aromatic heterocycles. The molecule has 1 N–H and O–H groups in total. The first-order chi connectivity index (χ1) is 11.9. The molecule has 0 aliphatic rings. The average Bonchev–Trinajstić information content (AvgIpc) is 2.51. The molecule has 1 heterocycles. The highest BCUT2D eigenvalue weighted by Gasteiger charge is 2.40. The van der Waals surface area contributed by atoms with E-state index in [1.165, 1.54) is 0 Å². The summed E-state index contributed by atoms with van der Waals surface area (Å²) in [6, 6.07) is 0.491. The van der Waals surface area contributed by atoms with Crippen molar-refractivity contribution in [1.29, 1.82) is 0 Å². The van der Waals surface area contributed by atoms with Gasteiger partial charge in [0.05, 0.1) is 21.5 Å². The van der Waals surface area contributed by atoms with Crippen molar-refractivity contribution >= 4 is 57.8 Å². The maximum atomic E-state index is 13.3. The van der Waals surface area contributed by atoms with Gasteiger partial charge in [-0.2, -0.15) is 23.1 Å². The fourth-order valence-electron chi connectivity index (χ4n) is 1.78. The Hall–Kier alpha value is -2.44. The molecule has 1 aromatic carbocycles. The number of nitro groups is 2. The molecule has 2 rings (SSSR count). The molecule has 9 nitrogen and oxygen atoms in total. The smallest absolute Gasteiger partial charge is 0.318 e. The lowest BCUT2D eigenvalue weighted by Crippen LogP contribution is -2.13. The van der Waals surface area contributed by atoms with E-state index in [-0.39, 0.29) is 11.1 Å². The Bertz CT molecular complexity index is 902. The van der Waals surface area contributed by atoms with Crippen LogP contribution in [0.3, 0.4) is 0 Å². The third-order valence-corrected chi connectivity index (χ3v) is 3.92. The molecule has 0 aliphatic carbocycles. The van der Waals surface area contributed by atoms with E-state index >= 15 is 0 Å². The number of non-ortho nitro benzene ring substituents is 1. The van der Waals surface area contributed by atoms with Crippen molar-refractivity contribution < 1.29 is 23.0 Å². The zero-order valence-electron chi connectivity index (χ0n) is 11.8. The van der Waals surface area contributed by atoms with Crippen LogP contribution in [-0.2, 0) is 6.18 Å². The third kappa shape index (κ3) is 4.03. The summed E-state index contributed by atoms with van der Waals surface area (Å²) in [5.74, 6) is -0.633. The van der Waals surface area contributed by atoms with Gasteiger partial charge in [-0.05, 0) is 0 Å². The predicted octanol–water partition coefficient (Wildman–Crippen LogP) is 5.02. The van der Waals surface area contributed by atoms with Gasteiger partial charge in [0.2, 0.25) is 5.95 Å². The van der Waals surface area contributed by atoms with Crippen LogP contribution in [0.4, 0.5) is 36.2 Å². The summed E-state index contributed by atoms with van der Waals surface area (Å²) in [6.45, 7) is 0. The number of nitrogens with zero attached hydrogens (tertiary/aromatic N) is 4. The standard InChI is InChI=1S/C11H3Cl3F3N5O4/c12-6-8(13)19-10(20-9(6)14)18-7-4(11(15,16)17)1-3(21(23)24)2-5(7)22(25)26/h1-2H,(H,18,19,20). The minimum atomic E-state index is -5.17. The van der Waals surface area contributed by atoms with Crippen molar-refractivity contribution in [2.24, 2.45) is 0 Å². The zero-order valence-corrected chi connectivity index (χ0v) is 14.1. The van der Waals surface area contributed by atoms with E-state index < -0.39 is 54.9 Å².